The van der Waals surface area contributed by atoms with Gasteiger partial charge in [0.05, 0.1) is 23.5 Å². The number of aromatic hydroxyl groups is 1. The molecule has 31 heavy (non-hydrogen) atoms. The number of aromatic nitrogens is 2. The number of phenols is 1. The van der Waals surface area contributed by atoms with Crippen LogP contribution in [0.4, 0.5) is 0 Å². The van der Waals surface area contributed by atoms with Crippen LogP contribution in [0.5, 0.6) is 5.75 Å². The first-order valence-corrected chi connectivity index (χ1v) is 11.2. The van der Waals surface area contributed by atoms with Crippen molar-refractivity contribution in [2.24, 2.45) is 5.92 Å². The normalized spacial score (nSPS) is 18.6. The van der Waals surface area contributed by atoms with Crippen molar-refractivity contribution in [3.05, 3.63) is 76.3 Å². The lowest BCUT2D eigenvalue weighted by atomic mass is 9.96. The first kappa shape index (κ1) is 21.7. The van der Waals surface area contributed by atoms with E-state index in [4.69, 9.17) is 23.8 Å². The quantitative estimate of drug-likeness (QED) is 0.500. The van der Waals surface area contributed by atoms with Crippen LogP contribution in [0.15, 0.2) is 48.7 Å². The largest absolute Gasteiger partial charge is 0.506 e. The van der Waals surface area contributed by atoms with Gasteiger partial charge in [-0.25, -0.2) is 0 Å². The summed E-state index contributed by atoms with van der Waals surface area (Å²) >= 11 is 12.0. The molecule has 0 saturated carbocycles. The van der Waals surface area contributed by atoms with E-state index in [0.29, 0.717) is 16.6 Å². The van der Waals surface area contributed by atoms with Crippen LogP contribution in [-0.2, 0) is 0 Å². The van der Waals surface area contributed by atoms with Crippen LogP contribution in [0, 0.1) is 19.8 Å². The molecule has 5 nitrogen and oxygen atoms in total. The number of hydrogen-bond donors (Lipinski definition) is 2. The molecule has 0 spiro atoms. The maximum atomic E-state index is 10.5. The van der Waals surface area contributed by atoms with Gasteiger partial charge in [0.15, 0.2) is 5.11 Å². The Hall–Kier alpha value is -2.57. The lowest BCUT2D eigenvalue weighted by Crippen LogP contribution is -2.33. The molecule has 2 atom stereocenters. The maximum Gasteiger partial charge on any atom is 0.170 e. The summed E-state index contributed by atoms with van der Waals surface area (Å²) in [5.74, 6) is 0.642. The zero-order valence-electron chi connectivity index (χ0n) is 18.1. The second-order valence-electron chi connectivity index (χ2n) is 8.47. The van der Waals surface area contributed by atoms with Gasteiger partial charge in [-0.1, -0.05) is 31.5 Å². The number of nitrogens with one attached hydrogen (secondary N) is 1. The molecule has 0 radical (unpaired) electrons. The van der Waals surface area contributed by atoms with Gasteiger partial charge in [-0.2, -0.15) is 0 Å². The highest BCUT2D eigenvalue weighted by atomic mass is 35.5. The standard InChI is InChI=1S/C24H27ClN4OS/c1-14(2)13-28-23(22(27-24(28)31)19-7-5-6-10-26-19)18-11-15(3)29(16(18)4)20-12-17(25)8-9-21(20)30/h5-12,14,22-23,30H,13H2,1-4H3,(H,27,31). The van der Waals surface area contributed by atoms with E-state index >= 15 is 0 Å². The molecule has 0 amide bonds. The van der Waals surface area contributed by atoms with E-state index in [1.165, 1.54) is 0 Å². The monoisotopic (exact) mass is 454 g/mol. The second kappa shape index (κ2) is 8.52. The third-order valence-corrected chi connectivity index (χ3v) is 6.31. The summed E-state index contributed by atoms with van der Waals surface area (Å²) in [6, 6.07) is 13.2. The van der Waals surface area contributed by atoms with Crippen molar-refractivity contribution < 1.29 is 5.11 Å². The first-order chi connectivity index (χ1) is 14.8. The van der Waals surface area contributed by atoms with Gasteiger partial charge in [0.25, 0.3) is 0 Å². The number of rotatable bonds is 5. The Morgan fingerprint density at radius 3 is 2.65 bits per heavy atom. The molecular weight excluding hydrogens is 428 g/mol. The maximum absolute atomic E-state index is 10.5. The Bertz CT molecular complexity index is 1110. The number of phenolic OH excluding ortho intramolecular Hbond substituents is 1. The summed E-state index contributed by atoms with van der Waals surface area (Å²) in [6.07, 6.45) is 1.81. The SMILES string of the molecule is Cc1cc(C2C(c3ccccn3)NC(=S)N2CC(C)C)c(C)n1-c1cc(Cl)ccc1O. The minimum Gasteiger partial charge on any atom is -0.506 e. The first-order valence-electron chi connectivity index (χ1n) is 10.4. The van der Waals surface area contributed by atoms with Crippen molar-refractivity contribution in [3.63, 3.8) is 0 Å². The predicted octanol–water partition coefficient (Wildman–Crippen LogP) is 5.48. The smallest absolute Gasteiger partial charge is 0.170 e. The molecule has 4 rings (SSSR count). The van der Waals surface area contributed by atoms with Gasteiger partial charge in [0.1, 0.15) is 5.75 Å². The van der Waals surface area contributed by atoms with Crippen molar-refractivity contribution in [1.82, 2.24) is 19.8 Å². The van der Waals surface area contributed by atoms with Crippen molar-refractivity contribution in [2.75, 3.05) is 6.54 Å². The topological polar surface area (TPSA) is 53.3 Å². The molecular formula is C24H27ClN4OS. The molecule has 1 aliphatic rings. The number of halogens is 1. The number of aryl methyl sites for hydroxylation is 1. The minimum absolute atomic E-state index is 0.00826. The Balaban J connectivity index is 1.86. The lowest BCUT2D eigenvalue weighted by molar-refractivity contribution is 0.287. The van der Waals surface area contributed by atoms with Crippen LogP contribution in [0.2, 0.25) is 5.02 Å². The van der Waals surface area contributed by atoms with Gasteiger partial charge < -0.3 is 19.9 Å². The summed E-state index contributed by atoms with van der Waals surface area (Å²) in [6.45, 7) is 9.35. The van der Waals surface area contributed by atoms with Gasteiger partial charge in [-0.3, -0.25) is 4.98 Å². The predicted molar refractivity (Wildman–Crippen MR) is 129 cm³/mol. The number of thiocarbonyl (C=S) groups is 1. The summed E-state index contributed by atoms with van der Waals surface area (Å²) < 4.78 is 2.06. The van der Waals surface area contributed by atoms with Crippen LogP contribution in [0.25, 0.3) is 5.69 Å². The summed E-state index contributed by atoms with van der Waals surface area (Å²) in [7, 11) is 0. The fraction of sp³-hybridized carbons (Fsp3) is 0.333. The van der Waals surface area contributed by atoms with E-state index in [1.54, 1.807) is 18.2 Å². The molecule has 1 aromatic carbocycles. The highest BCUT2D eigenvalue weighted by molar-refractivity contribution is 7.80. The fourth-order valence-electron chi connectivity index (χ4n) is 4.47. The molecule has 0 aliphatic carbocycles. The van der Waals surface area contributed by atoms with E-state index in [0.717, 1.165) is 34.3 Å². The van der Waals surface area contributed by atoms with Crippen LogP contribution >= 0.6 is 23.8 Å². The van der Waals surface area contributed by atoms with Crippen LogP contribution in [-0.4, -0.2) is 31.2 Å². The molecule has 1 saturated heterocycles. The highest BCUT2D eigenvalue weighted by Crippen LogP contribution is 2.42. The Labute approximate surface area is 193 Å². The summed E-state index contributed by atoms with van der Waals surface area (Å²) in [5, 5.41) is 15.3. The van der Waals surface area contributed by atoms with Crippen LogP contribution in [0.3, 0.4) is 0 Å². The molecule has 2 N–H and O–H groups in total. The minimum atomic E-state index is -0.0608. The number of pyridine rings is 1. The van der Waals surface area contributed by atoms with E-state index in [1.807, 2.05) is 31.3 Å². The van der Waals surface area contributed by atoms with E-state index in [-0.39, 0.29) is 17.8 Å². The van der Waals surface area contributed by atoms with Gasteiger partial charge in [-0.05, 0) is 73.9 Å². The van der Waals surface area contributed by atoms with Gasteiger partial charge in [0, 0.05) is 29.2 Å². The Morgan fingerprint density at radius 1 is 1.19 bits per heavy atom. The molecule has 162 valence electrons. The average Bonchev–Trinajstić information content (AvgIpc) is 3.20. The van der Waals surface area contributed by atoms with Crippen molar-refractivity contribution in [1.29, 1.82) is 0 Å². The molecule has 3 heterocycles. The number of nitrogens with zero attached hydrogens (tertiary/aromatic N) is 3. The molecule has 1 fully saturated rings. The molecule has 1 aliphatic heterocycles. The summed E-state index contributed by atoms with van der Waals surface area (Å²) in [5.41, 5.74) is 4.84. The van der Waals surface area contributed by atoms with Crippen LogP contribution < -0.4 is 5.32 Å². The molecule has 3 aromatic rings. The highest BCUT2D eigenvalue weighted by Gasteiger charge is 2.41. The number of benzene rings is 1. The zero-order chi connectivity index (χ0) is 22.3. The molecule has 2 unspecified atom stereocenters. The van der Waals surface area contributed by atoms with E-state index < -0.39 is 0 Å². The van der Waals surface area contributed by atoms with Crippen molar-refractivity contribution in [2.45, 2.75) is 39.8 Å². The molecule has 7 heteroatoms. The molecule has 0 bridgehead atoms. The Morgan fingerprint density at radius 2 is 1.97 bits per heavy atom. The lowest BCUT2D eigenvalue weighted by Gasteiger charge is -2.29. The van der Waals surface area contributed by atoms with Crippen molar-refractivity contribution in [3.8, 4) is 11.4 Å². The van der Waals surface area contributed by atoms with Gasteiger partial charge in [0.2, 0.25) is 0 Å². The third-order valence-electron chi connectivity index (χ3n) is 5.73. The fourth-order valence-corrected chi connectivity index (χ4v) is 4.95. The van der Waals surface area contributed by atoms with Crippen LogP contribution in [0.1, 0.15) is 48.6 Å². The van der Waals surface area contributed by atoms with Gasteiger partial charge >= 0.3 is 0 Å². The third kappa shape index (κ3) is 4.02. The zero-order valence-corrected chi connectivity index (χ0v) is 19.7. The molecule has 2 aromatic heterocycles. The number of hydrogen-bond acceptors (Lipinski definition) is 3. The van der Waals surface area contributed by atoms with Gasteiger partial charge in [-0.15, -0.1) is 0 Å². The van der Waals surface area contributed by atoms with E-state index in [9.17, 15) is 5.11 Å². The van der Waals surface area contributed by atoms with Crippen molar-refractivity contribution >= 4 is 28.9 Å². The average molecular weight is 455 g/mol. The second-order valence-corrected chi connectivity index (χ2v) is 9.29. The van der Waals surface area contributed by atoms with E-state index in [2.05, 4.69) is 46.6 Å². The summed E-state index contributed by atoms with van der Waals surface area (Å²) in [4.78, 5) is 6.88. The Kier molecular flexibility index (Phi) is 5.95.